The van der Waals surface area contributed by atoms with Gasteiger partial charge < -0.3 is 29.1 Å². The van der Waals surface area contributed by atoms with Gasteiger partial charge in [-0.2, -0.15) is 0 Å². The molecule has 1 aliphatic rings. The lowest BCUT2D eigenvalue weighted by molar-refractivity contribution is -0.140. The monoisotopic (exact) mass is 440 g/mol. The van der Waals surface area contributed by atoms with Gasteiger partial charge >= 0.3 is 0 Å². The number of likely N-dealkylation sites (N-methyl/N-ethyl adjacent to an activating group) is 1. The van der Waals surface area contributed by atoms with Crippen molar-refractivity contribution in [3.63, 3.8) is 0 Å². The zero-order valence-corrected chi connectivity index (χ0v) is 18.9. The number of aliphatic hydroxyl groups is 1. The summed E-state index contributed by atoms with van der Waals surface area (Å²) in [6, 6.07) is 11.1. The van der Waals surface area contributed by atoms with Gasteiger partial charge in [0.25, 0.3) is 11.7 Å². The fourth-order valence-electron chi connectivity index (χ4n) is 3.77. The highest BCUT2D eigenvalue weighted by atomic mass is 16.5. The summed E-state index contributed by atoms with van der Waals surface area (Å²) in [7, 11) is 8.32. The molecule has 1 aliphatic heterocycles. The van der Waals surface area contributed by atoms with Gasteiger partial charge in [-0.25, -0.2) is 0 Å². The first-order chi connectivity index (χ1) is 15.3. The van der Waals surface area contributed by atoms with Crippen LogP contribution in [0.15, 0.2) is 48.0 Å². The molecule has 8 heteroatoms. The smallest absolute Gasteiger partial charge is 0.295 e. The van der Waals surface area contributed by atoms with Crippen LogP contribution in [-0.4, -0.2) is 75.1 Å². The highest BCUT2D eigenvalue weighted by Crippen LogP contribution is 2.45. The summed E-state index contributed by atoms with van der Waals surface area (Å²) in [6.07, 6.45) is 0. The molecule has 3 rings (SSSR count). The largest absolute Gasteiger partial charge is 0.507 e. The number of amides is 1. The van der Waals surface area contributed by atoms with E-state index in [1.54, 1.807) is 49.6 Å². The molecule has 1 saturated heterocycles. The Kier molecular flexibility index (Phi) is 7.05. The first-order valence-electron chi connectivity index (χ1n) is 10.1. The summed E-state index contributed by atoms with van der Waals surface area (Å²) in [5.74, 6) is -0.194. The molecule has 0 radical (unpaired) electrons. The van der Waals surface area contributed by atoms with Gasteiger partial charge in [-0.05, 0) is 44.4 Å². The van der Waals surface area contributed by atoms with E-state index in [2.05, 4.69) is 0 Å². The summed E-state index contributed by atoms with van der Waals surface area (Å²) in [6.45, 7) is 0.834. The van der Waals surface area contributed by atoms with E-state index < -0.39 is 17.7 Å². The lowest BCUT2D eigenvalue weighted by atomic mass is 9.94. The molecule has 0 unspecified atom stereocenters. The van der Waals surface area contributed by atoms with E-state index in [-0.39, 0.29) is 11.3 Å². The number of nitrogens with zero attached hydrogens (tertiary/aromatic N) is 2. The lowest BCUT2D eigenvalue weighted by Crippen LogP contribution is -2.35. The maximum atomic E-state index is 13.1. The van der Waals surface area contributed by atoms with Crippen LogP contribution in [0, 0.1) is 0 Å². The van der Waals surface area contributed by atoms with Crippen molar-refractivity contribution < 1.29 is 28.9 Å². The Hall–Kier alpha value is -3.52. The van der Waals surface area contributed by atoms with E-state index in [4.69, 9.17) is 14.2 Å². The minimum Gasteiger partial charge on any atom is -0.507 e. The second kappa shape index (κ2) is 9.74. The predicted octanol–water partition coefficient (Wildman–Crippen LogP) is 2.70. The van der Waals surface area contributed by atoms with Crippen molar-refractivity contribution >= 4 is 17.4 Å². The molecule has 0 aliphatic carbocycles. The minimum absolute atomic E-state index is 0.00507. The number of hydrogen-bond donors (Lipinski definition) is 1. The molecule has 1 N–H and O–H groups in total. The average molecular weight is 440 g/mol. The number of para-hydroxylation sites is 1. The second-order valence-electron chi connectivity index (χ2n) is 7.61. The van der Waals surface area contributed by atoms with Crippen LogP contribution >= 0.6 is 0 Å². The lowest BCUT2D eigenvalue weighted by Gasteiger charge is -2.28. The second-order valence-corrected chi connectivity index (χ2v) is 7.61. The van der Waals surface area contributed by atoms with Crippen LogP contribution in [0.25, 0.3) is 5.76 Å². The predicted molar refractivity (Wildman–Crippen MR) is 120 cm³/mol. The third kappa shape index (κ3) is 4.27. The molecular weight excluding hydrogens is 412 g/mol. The van der Waals surface area contributed by atoms with Gasteiger partial charge in [0, 0.05) is 24.2 Å². The fraction of sp³-hybridized carbons (Fsp3) is 0.333. The molecule has 1 amide bonds. The molecule has 8 nitrogen and oxygen atoms in total. The quantitative estimate of drug-likeness (QED) is 0.384. The van der Waals surface area contributed by atoms with Crippen molar-refractivity contribution in [3.8, 4) is 17.2 Å². The minimum atomic E-state index is -0.831. The third-order valence-electron chi connectivity index (χ3n) is 5.42. The zero-order valence-electron chi connectivity index (χ0n) is 18.9. The number of ether oxygens (including phenoxy) is 3. The Bertz CT molecular complexity index is 1030. The fourth-order valence-corrected chi connectivity index (χ4v) is 3.77. The van der Waals surface area contributed by atoms with E-state index in [1.165, 1.54) is 19.1 Å². The number of benzene rings is 2. The maximum absolute atomic E-state index is 13.1. The number of carbonyl (C=O) groups is 2. The van der Waals surface area contributed by atoms with Crippen molar-refractivity contribution in [2.45, 2.75) is 6.04 Å². The van der Waals surface area contributed by atoms with Crippen LogP contribution in [0.3, 0.4) is 0 Å². The summed E-state index contributed by atoms with van der Waals surface area (Å²) in [4.78, 5) is 29.5. The number of aliphatic hydroxyl groups excluding tert-OH is 1. The molecule has 2 aromatic rings. The number of Topliss-reactive ketones (excluding diaryl/α,β-unsaturated/α-hetero) is 1. The third-order valence-corrected chi connectivity index (χ3v) is 5.42. The topological polar surface area (TPSA) is 88.5 Å². The van der Waals surface area contributed by atoms with Gasteiger partial charge in [0.2, 0.25) is 0 Å². The van der Waals surface area contributed by atoms with Crippen LogP contribution in [0.4, 0.5) is 0 Å². The van der Waals surface area contributed by atoms with E-state index >= 15 is 0 Å². The molecule has 0 saturated carbocycles. The molecule has 1 fully saturated rings. The van der Waals surface area contributed by atoms with Gasteiger partial charge in [0.15, 0.2) is 11.5 Å². The van der Waals surface area contributed by atoms with Crippen molar-refractivity contribution in [3.05, 3.63) is 59.2 Å². The number of methoxy groups -OCH3 is 3. The molecule has 32 heavy (non-hydrogen) atoms. The summed E-state index contributed by atoms with van der Waals surface area (Å²) in [5.41, 5.74) is 0.966. The van der Waals surface area contributed by atoms with Crippen molar-refractivity contribution in [2.24, 2.45) is 0 Å². The first-order valence-corrected chi connectivity index (χ1v) is 10.1. The molecule has 0 spiro atoms. The molecule has 1 atom stereocenters. The van der Waals surface area contributed by atoms with Gasteiger partial charge in [-0.15, -0.1) is 0 Å². The van der Waals surface area contributed by atoms with Crippen LogP contribution < -0.4 is 14.2 Å². The Morgan fingerprint density at radius 1 is 1.00 bits per heavy atom. The molecule has 2 aromatic carbocycles. The molecule has 1 heterocycles. The van der Waals surface area contributed by atoms with Gasteiger partial charge in [-0.1, -0.05) is 12.1 Å². The average Bonchev–Trinajstić information content (AvgIpc) is 3.06. The maximum Gasteiger partial charge on any atom is 0.295 e. The number of rotatable bonds is 8. The van der Waals surface area contributed by atoms with Crippen molar-refractivity contribution in [1.29, 1.82) is 0 Å². The normalized spacial score (nSPS) is 17.7. The number of likely N-dealkylation sites (tertiary alicyclic amines) is 1. The summed E-state index contributed by atoms with van der Waals surface area (Å²) >= 11 is 0. The van der Waals surface area contributed by atoms with Gasteiger partial charge in [0.1, 0.15) is 11.5 Å². The van der Waals surface area contributed by atoms with Crippen LogP contribution in [0.1, 0.15) is 17.2 Å². The van der Waals surface area contributed by atoms with Crippen molar-refractivity contribution in [1.82, 2.24) is 9.80 Å². The number of carbonyl (C=O) groups excluding carboxylic acids is 2. The first kappa shape index (κ1) is 23.1. The Balaban J connectivity index is 2.22. The Morgan fingerprint density at radius 2 is 1.69 bits per heavy atom. The summed E-state index contributed by atoms with van der Waals surface area (Å²) < 4.78 is 16.2. The Morgan fingerprint density at radius 3 is 2.25 bits per heavy atom. The highest BCUT2D eigenvalue weighted by molar-refractivity contribution is 6.46. The van der Waals surface area contributed by atoms with Crippen LogP contribution in [0.2, 0.25) is 0 Å². The number of ketones is 1. The van der Waals surface area contributed by atoms with E-state index in [1.807, 2.05) is 19.0 Å². The molecular formula is C24H28N2O6. The van der Waals surface area contributed by atoms with Crippen LogP contribution in [-0.2, 0) is 9.59 Å². The van der Waals surface area contributed by atoms with Gasteiger partial charge in [-0.3, -0.25) is 9.59 Å². The Labute approximate surface area is 187 Å². The van der Waals surface area contributed by atoms with Crippen LogP contribution in [0.5, 0.6) is 17.2 Å². The summed E-state index contributed by atoms with van der Waals surface area (Å²) in [5, 5.41) is 11.1. The highest BCUT2D eigenvalue weighted by Gasteiger charge is 2.47. The van der Waals surface area contributed by atoms with Crippen molar-refractivity contribution in [2.75, 3.05) is 48.5 Å². The molecule has 0 aromatic heterocycles. The van der Waals surface area contributed by atoms with Gasteiger partial charge in [0.05, 0.1) is 32.9 Å². The SMILES string of the molecule is COc1ccc(/C(O)=C2/C(=O)C(=O)N(CCN(C)C)[C@@H]2c2cccc(OC)c2OC)cc1. The zero-order chi connectivity index (χ0) is 23.4. The standard InChI is InChI=1S/C24H28N2O6/c1-25(2)13-14-26-20(17-7-6-8-18(31-4)23(17)32-5)19(22(28)24(26)29)21(27)15-9-11-16(30-3)12-10-15/h6-12,20,27H,13-14H2,1-5H3/b21-19-/t20-/m1/s1. The number of hydrogen-bond acceptors (Lipinski definition) is 7. The van der Waals surface area contributed by atoms with E-state index in [9.17, 15) is 14.7 Å². The van der Waals surface area contributed by atoms with E-state index in [0.717, 1.165) is 0 Å². The molecule has 170 valence electrons. The molecule has 0 bridgehead atoms. The van der Waals surface area contributed by atoms with E-state index in [0.29, 0.717) is 41.5 Å².